The van der Waals surface area contributed by atoms with Crippen LogP contribution in [0.1, 0.15) is 20.8 Å². The van der Waals surface area contributed by atoms with Crippen LogP contribution in [0.25, 0.3) is 11.1 Å². The molecule has 0 atom stereocenters. The lowest BCUT2D eigenvalue weighted by Crippen LogP contribution is -2.35. The number of morpholine rings is 1. The highest BCUT2D eigenvalue weighted by Gasteiger charge is 2.21. The van der Waals surface area contributed by atoms with Gasteiger partial charge in [-0.3, -0.25) is 4.79 Å². The van der Waals surface area contributed by atoms with Gasteiger partial charge in [-0.25, -0.2) is 0 Å². The van der Waals surface area contributed by atoms with Crippen LogP contribution in [0.15, 0.2) is 60.7 Å². The molecule has 0 aliphatic carbocycles. The van der Waals surface area contributed by atoms with Crippen LogP contribution >= 0.6 is 11.3 Å². The van der Waals surface area contributed by atoms with Crippen molar-refractivity contribution in [3.8, 4) is 11.1 Å². The SMILES string of the molecule is CN(C)Cc1ccc(CNC(=O)c2cc(-c3ccccc3)c(N3CCOCC3)s2)cc1. The van der Waals surface area contributed by atoms with Crippen LogP contribution in [0.5, 0.6) is 0 Å². The number of carbonyl (C=O) groups excluding carboxylic acids is 1. The van der Waals surface area contributed by atoms with Gasteiger partial charge in [0, 0.05) is 31.7 Å². The van der Waals surface area contributed by atoms with E-state index in [4.69, 9.17) is 4.74 Å². The van der Waals surface area contributed by atoms with Crippen molar-refractivity contribution in [2.24, 2.45) is 0 Å². The molecule has 0 radical (unpaired) electrons. The first-order valence-electron chi connectivity index (χ1n) is 10.6. The summed E-state index contributed by atoms with van der Waals surface area (Å²) in [6.07, 6.45) is 0. The van der Waals surface area contributed by atoms with Crippen LogP contribution in [0.4, 0.5) is 5.00 Å². The van der Waals surface area contributed by atoms with Gasteiger partial charge in [0.05, 0.1) is 23.1 Å². The third kappa shape index (κ3) is 5.53. The fourth-order valence-corrected chi connectivity index (χ4v) is 4.86. The van der Waals surface area contributed by atoms with Crippen LogP contribution in [-0.4, -0.2) is 51.2 Å². The number of nitrogens with one attached hydrogen (secondary N) is 1. The smallest absolute Gasteiger partial charge is 0.261 e. The van der Waals surface area contributed by atoms with Crippen molar-refractivity contribution in [3.63, 3.8) is 0 Å². The molecule has 1 aliphatic heterocycles. The first-order valence-corrected chi connectivity index (χ1v) is 11.4. The minimum absolute atomic E-state index is 0.0286. The zero-order chi connectivity index (χ0) is 21.6. The monoisotopic (exact) mass is 435 g/mol. The molecular formula is C25H29N3O2S. The van der Waals surface area contributed by atoms with Crippen molar-refractivity contribution in [1.29, 1.82) is 0 Å². The molecule has 1 N–H and O–H groups in total. The van der Waals surface area contributed by atoms with Crippen molar-refractivity contribution < 1.29 is 9.53 Å². The highest BCUT2D eigenvalue weighted by molar-refractivity contribution is 7.18. The fourth-order valence-electron chi connectivity index (χ4n) is 3.72. The van der Waals surface area contributed by atoms with E-state index in [1.54, 1.807) is 11.3 Å². The molecule has 0 unspecified atom stereocenters. The first-order chi connectivity index (χ1) is 15.1. The van der Waals surface area contributed by atoms with Gasteiger partial charge in [-0.2, -0.15) is 0 Å². The fraction of sp³-hybridized carbons (Fsp3) is 0.320. The lowest BCUT2D eigenvalue weighted by Gasteiger charge is -2.28. The largest absolute Gasteiger partial charge is 0.378 e. The molecule has 5 nitrogen and oxygen atoms in total. The zero-order valence-corrected chi connectivity index (χ0v) is 19.0. The quantitative estimate of drug-likeness (QED) is 0.603. The Morgan fingerprint density at radius 3 is 2.39 bits per heavy atom. The summed E-state index contributed by atoms with van der Waals surface area (Å²) in [5.41, 5.74) is 4.62. The predicted molar refractivity (Wildman–Crippen MR) is 128 cm³/mol. The summed E-state index contributed by atoms with van der Waals surface area (Å²) in [6, 6.07) is 20.7. The van der Waals surface area contributed by atoms with Gasteiger partial charge < -0.3 is 19.9 Å². The molecule has 2 heterocycles. The Morgan fingerprint density at radius 2 is 1.71 bits per heavy atom. The Hall–Kier alpha value is -2.67. The number of carbonyl (C=O) groups is 1. The van der Waals surface area contributed by atoms with Gasteiger partial charge in [0.25, 0.3) is 5.91 Å². The van der Waals surface area contributed by atoms with Crippen LogP contribution in [0.2, 0.25) is 0 Å². The second-order valence-electron chi connectivity index (χ2n) is 8.03. The van der Waals surface area contributed by atoms with Crippen LogP contribution < -0.4 is 10.2 Å². The molecular weight excluding hydrogens is 406 g/mol. The standard InChI is InChI=1S/C25H29N3O2S/c1-27(2)18-20-10-8-19(9-11-20)17-26-24(29)23-16-22(21-6-4-3-5-7-21)25(31-23)28-12-14-30-15-13-28/h3-11,16H,12-15,17-18H2,1-2H3,(H,26,29). The Balaban J connectivity index is 1.49. The maximum Gasteiger partial charge on any atom is 0.261 e. The molecule has 162 valence electrons. The number of hydrogen-bond acceptors (Lipinski definition) is 5. The molecule has 1 fully saturated rings. The van der Waals surface area contributed by atoms with E-state index in [1.807, 2.05) is 24.3 Å². The maximum atomic E-state index is 13.0. The van der Waals surface area contributed by atoms with Gasteiger partial charge in [0.15, 0.2) is 0 Å². The second-order valence-corrected chi connectivity index (χ2v) is 9.06. The van der Waals surface area contributed by atoms with Crippen molar-refractivity contribution >= 4 is 22.2 Å². The lowest BCUT2D eigenvalue weighted by molar-refractivity contribution is 0.0955. The third-order valence-electron chi connectivity index (χ3n) is 5.29. The van der Waals surface area contributed by atoms with Crippen LogP contribution in [-0.2, 0) is 17.8 Å². The lowest BCUT2D eigenvalue weighted by atomic mass is 10.1. The van der Waals surface area contributed by atoms with E-state index < -0.39 is 0 Å². The van der Waals surface area contributed by atoms with E-state index in [1.165, 1.54) is 5.56 Å². The predicted octanol–water partition coefficient (Wildman–Crippen LogP) is 4.24. The van der Waals surface area contributed by atoms with E-state index in [0.29, 0.717) is 6.54 Å². The van der Waals surface area contributed by atoms with E-state index in [9.17, 15) is 4.79 Å². The van der Waals surface area contributed by atoms with Gasteiger partial charge in [-0.15, -0.1) is 11.3 Å². The normalized spacial score (nSPS) is 14.1. The summed E-state index contributed by atoms with van der Waals surface area (Å²) in [7, 11) is 4.12. The van der Waals surface area contributed by atoms with Crippen molar-refractivity contribution in [2.75, 3.05) is 45.3 Å². The third-order valence-corrected chi connectivity index (χ3v) is 6.49. The molecule has 0 spiro atoms. The van der Waals surface area contributed by atoms with Gasteiger partial charge in [0.1, 0.15) is 0 Å². The number of nitrogens with zero attached hydrogens (tertiary/aromatic N) is 2. The van der Waals surface area contributed by atoms with Crippen molar-refractivity contribution in [1.82, 2.24) is 10.2 Å². The summed E-state index contributed by atoms with van der Waals surface area (Å²) in [6.45, 7) is 4.57. The molecule has 0 saturated carbocycles. The van der Waals surface area contributed by atoms with E-state index in [2.05, 4.69) is 65.6 Å². The van der Waals surface area contributed by atoms with E-state index in [0.717, 1.165) is 59.4 Å². The van der Waals surface area contributed by atoms with Gasteiger partial charge >= 0.3 is 0 Å². The van der Waals surface area contributed by atoms with E-state index in [-0.39, 0.29) is 5.91 Å². The average molecular weight is 436 g/mol. The Bertz CT molecular complexity index is 993. The summed E-state index contributed by atoms with van der Waals surface area (Å²) >= 11 is 1.57. The molecule has 1 aliphatic rings. The summed E-state index contributed by atoms with van der Waals surface area (Å²) in [4.78, 5) is 18.2. The topological polar surface area (TPSA) is 44.8 Å². The second kappa shape index (κ2) is 10.1. The number of thiophene rings is 1. The van der Waals surface area contributed by atoms with Gasteiger partial charge in [-0.05, 0) is 36.9 Å². The van der Waals surface area contributed by atoms with Gasteiger partial charge in [-0.1, -0.05) is 54.6 Å². The molecule has 0 bridgehead atoms. The Labute approximate surface area is 188 Å². The van der Waals surface area contributed by atoms with Crippen molar-refractivity contribution in [2.45, 2.75) is 13.1 Å². The first kappa shape index (κ1) is 21.6. The number of anilines is 1. The molecule has 1 saturated heterocycles. The molecule has 1 amide bonds. The van der Waals surface area contributed by atoms with Crippen molar-refractivity contribution in [3.05, 3.63) is 76.7 Å². The Kier molecular flexibility index (Phi) is 7.02. The minimum atomic E-state index is -0.0286. The molecule has 1 aromatic heterocycles. The number of benzene rings is 2. The van der Waals surface area contributed by atoms with Crippen LogP contribution in [0, 0.1) is 0 Å². The van der Waals surface area contributed by atoms with E-state index >= 15 is 0 Å². The number of amides is 1. The molecule has 6 heteroatoms. The highest BCUT2D eigenvalue weighted by atomic mass is 32.1. The molecule has 4 rings (SSSR count). The number of ether oxygens (including phenoxy) is 1. The summed E-state index contributed by atoms with van der Waals surface area (Å²) in [5.74, 6) is -0.0286. The van der Waals surface area contributed by atoms with Crippen LogP contribution in [0.3, 0.4) is 0 Å². The Morgan fingerprint density at radius 1 is 1.03 bits per heavy atom. The minimum Gasteiger partial charge on any atom is -0.378 e. The molecule has 2 aromatic carbocycles. The summed E-state index contributed by atoms with van der Waals surface area (Å²) in [5, 5.41) is 4.23. The maximum absolute atomic E-state index is 13.0. The average Bonchev–Trinajstić information content (AvgIpc) is 3.25. The number of hydrogen-bond donors (Lipinski definition) is 1. The summed E-state index contributed by atoms with van der Waals surface area (Å²) < 4.78 is 5.52. The van der Waals surface area contributed by atoms with Gasteiger partial charge in [0.2, 0.25) is 0 Å². The molecule has 3 aromatic rings. The zero-order valence-electron chi connectivity index (χ0n) is 18.1. The number of rotatable bonds is 7. The highest BCUT2D eigenvalue weighted by Crippen LogP contribution is 2.39. The molecule has 31 heavy (non-hydrogen) atoms.